The Morgan fingerprint density at radius 3 is 2.65 bits per heavy atom. The van der Waals surface area contributed by atoms with Crippen molar-refractivity contribution in [1.82, 2.24) is 9.55 Å². The molecule has 6 heteroatoms. The van der Waals surface area contributed by atoms with Crippen LogP contribution in [0.5, 0.6) is 0 Å². The number of nitro groups is 1. The average molecular weight is 272 g/mol. The normalized spacial score (nSPS) is 16.3. The van der Waals surface area contributed by atoms with Crippen molar-refractivity contribution in [2.45, 2.75) is 18.9 Å². The number of hydrogen-bond acceptors (Lipinski definition) is 4. The fraction of sp³-hybridized carbons (Fsp3) is 0.357. The van der Waals surface area contributed by atoms with Gasteiger partial charge in [-0.1, -0.05) is 12.1 Å². The number of nitrogens with zero attached hydrogens (tertiary/aromatic N) is 4. The van der Waals surface area contributed by atoms with Gasteiger partial charge < -0.3 is 9.47 Å². The minimum absolute atomic E-state index is 0.189. The number of benzene rings is 1. The fourth-order valence-corrected chi connectivity index (χ4v) is 2.78. The van der Waals surface area contributed by atoms with Crippen molar-refractivity contribution in [3.05, 3.63) is 53.1 Å². The number of piperidine rings is 1. The lowest BCUT2D eigenvalue weighted by Gasteiger charge is -2.33. The third kappa shape index (κ3) is 2.36. The van der Waals surface area contributed by atoms with Crippen LogP contribution < -0.4 is 4.90 Å². The van der Waals surface area contributed by atoms with Gasteiger partial charge in [0.2, 0.25) is 0 Å². The van der Waals surface area contributed by atoms with Crippen molar-refractivity contribution in [3.63, 3.8) is 0 Å². The largest absolute Gasteiger partial charge is 0.366 e. The van der Waals surface area contributed by atoms with Gasteiger partial charge in [-0.15, -0.1) is 0 Å². The van der Waals surface area contributed by atoms with Gasteiger partial charge in [-0.3, -0.25) is 10.1 Å². The molecule has 1 saturated heterocycles. The van der Waals surface area contributed by atoms with Gasteiger partial charge in [-0.2, -0.15) is 0 Å². The Balaban J connectivity index is 1.74. The first kappa shape index (κ1) is 12.7. The molecule has 0 bridgehead atoms. The quantitative estimate of drug-likeness (QED) is 0.636. The van der Waals surface area contributed by atoms with Gasteiger partial charge >= 0.3 is 0 Å². The molecular formula is C14H16N4O2. The van der Waals surface area contributed by atoms with Crippen LogP contribution in [0, 0.1) is 10.1 Å². The molecule has 0 atom stereocenters. The zero-order valence-corrected chi connectivity index (χ0v) is 11.1. The van der Waals surface area contributed by atoms with E-state index in [-0.39, 0.29) is 10.6 Å². The van der Waals surface area contributed by atoms with Crippen molar-refractivity contribution in [2.75, 3.05) is 18.0 Å². The van der Waals surface area contributed by atoms with Crippen LogP contribution in [0.25, 0.3) is 0 Å². The lowest BCUT2D eigenvalue weighted by molar-refractivity contribution is -0.384. The molecule has 2 aromatic rings. The molecule has 20 heavy (non-hydrogen) atoms. The van der Waals surface area contributed by atoms with Gasteiger partial charge in [0.05, 0.1) is 11.3 Å². The highest BCUT2D eigenvalue weighted by Gasteiger charge is 2.24. The predicted molar refractivity (Wildman–Crippen MR) is 75.8 cm³/mol. The minimum atomic E-state index is -0.308. The molecule has 0 saturated carbocycles. The van der Waals surface area contributed by atoms with Crippen molar-refractivity contribution in [3.8, 4) is 0 Å². The van der Waals surface area contributed by atoms with E-state index in [1.54, 1.807) is 18.3 Å². The van der Waals surface area contributed by atoms with Gasteiger partial charge in [0.25, 0.3) is 5.69 Å². The highest BCUT2D eigenvalue weighted by Crippen LogP contribution is 2.32. The zero-order valence-electron chi connectivity index (χ0n) is 11.1. The van der Waals surface area contributed by atoms with Crippen molar-refractivity contribution in [2.24, 2.45) is 0 Å². The molecule has 2 heterocycles. The van der Waals surface area contributed by atoms with E-state index < -0.39 is 0 Å². The number of para-hydroxylation sites is 2. The summed E-state index contributed by atoms with van der Waals surface area (Å²) in [5.41, 5.74) is 0.912. The Hall–Kier alpha value is -2.37. The standard InChI is InChI=1S/C14H16N4O2/c19-18(20)14-4-2-1-3-13(14)16-8-5-12(6-9-16)17-10-7-15-11-17/h1-4,7,10-12H,5-6,8-9H2. The van der Waals surface area contributed by atoms with E-state index in [0.29, 0.717) is 6.04 Å². The molecule has 0 N–H and O–H groups in total. The van der Waals surface area contributed by atoms with Gasteiger partial charge in [0, 0.05) is 37.6 Å². The maximum Gasteiger partial charge on any atom is 0.292 e. The molecule has 6 nitrogen and oxygen atoms in total. The monoisotopic (exact) mass is 272 g/mol. The van der Waals surface area contributed by atoms with Crippen molar-refractivity contribution < 1.29 is 4.92 Å². The van der Waals surface area contributed by atoms with Crippen LogP contribution in [-0.4, -0.2) is 27.6 Å². The van der Waals surface area contributed by atoms with Gasteiger partial charge in [0.1, 0.15) is 5.69 Å². The molecule has 1 aliphatic rings. The Bertz CT molecular complexity index is 589. The Labute approximate surface area is 116 Å². The second-order valence-corrected chi connectivity index (χ2v) is 4.97. The molecule has 1 aromatic carbocycles. The van der Waals surface area contributed by atoms with Crippen LogP contribution in [0.15, 0.2) is 43.0 Å². The fourth-order valence-electron chi connectivity index (χ4n) is 2.78. The van der Waals surface area contributed by atoms with Gasteiger partial charge in [-0.05, 0) is 18.9 Å². The van der Waals surface area contributed by atoms with Crippen LogP contribution in [0.1, 0.15) is 18.9 Å². The lowest BCUT2D eigenvalue weighted by Crippen LogP contribution is -2.34. The van der Waals surface area contributed by atoms with Crippen LogP contribution in [0.2, 0.25) is 0 Å². The smallest absolute Gasteiger partial charge is 0.292 e. The van der Waals surface area contributed by atoms with Crippen LogP contribution in [-0.2, 0) is 0 Å². The summed E-state index contributed by atoms with van der Waals surface area (Å²) in [7, 11) is 0. The van der Waals surface area contributed by atoms with Crippen LogP contribution in [0.3, 0.4) is 0 Å². The maximum absolute atomic E-state index is 11.1. The Kier molecular flexibility index (Phi) is 3.37. The van der Waals surface area contributed by atoms with Gasteiger partial charge in [0.15, 0.2) is 0 Å². The summed E-state index contributed by atoms with van der Waals surface area (Å²) in [6.07, 6.45) is 7.55. The highest BCUT2D eigenvalue weighted by atomic mass is 16.6. The number of hydrogen-bond donors (Lipinski definition) is 0. The van der Waals surface area contributed by atoms with Crippen LogP contribution >= 0.6 is 0 Å². The van der Waals surface area contributed by atoms with Crippen molar-refractivity contribution in [1.29, 1.82) is 0 Å². The van der Waals surface area contributed by atoms with E-state index in [4.69, 9.17) is 0 Å². The number of anilines is 1. The van der Waals surface area contributed by atoms with E-state index in [1.165, 1.54) is 0 Å². The SMILES string of the molecule is O=[N+]([O-])c1ccccc1N1CCC(n2ccnc2)CC1. The predicted octanol–water partition coefficient (Wildman–Crippen LogP) is 2.63. The molecule has 0 amide bonds. The molecular weight excluding hydrogens is 256 g/mol. The second-order valence-electron chi connectivity index (χ2n) is 4.97. The van der Waals surface area contributed by atoms with Crippen LogP contribution in [0.4, 0.5) is 11.4 Å². The van der Waals surface area contributed by atoms with E-state index in [2.05, 4.69) is 14.5 Å². The summed E-state index contributed by atoms with van der Waals surface area (Å²) in [5.74, 6) is 0. The molecule has 1 fully saturated rings. The van der Waals surface area contributed by atoms with E-state index in [1.807, 2.05) is 24.7 Å². The topological polar surface area (TPSA) is 64.2 Å². The van der Waals surface area contributed by atoms with Gasteiger partial charge in [-0.25, -0.2) is 4.98 Å². The molecule has 0 unspecified atom stereocenters. The number of aromatic nitrogens is 2. The first-order valence-electron chi connectivity index (χ1n) is 6.71. The average Bonchev–Trinajstić information content (AvgIpc) is 3.02. The lowest BCUT2D eigenvalue weighted by atomic mass is 10.0. The first-order valence-corrected chi connectivity index (χ1v) is 6.71. The molecule has 0 spiro atoms. The summed E-state index contributed by atoms with van der Waals surface area (Å²) < 4.78 is 2.12. The third-order valence-electron chi connectivity index (χ3n) is 3.83. The summed E-state index contributed by atoms with van der Waals surface area (Å²) in [6, 6.07) is 7.40. The van der Waals surface area contributed by atoms with Crippen molar-refractivity contribution >= 4 is 11.4 Å². The number of rotatable bonds is 3. The Morgan fingerprint density at radius 1 is 1.25 bits per heavy atom. The Morgan fingerprint density at radius 2 is 2.00 bits per heavy atom. The zero-order chi connectivity index (χ0) is 13.9. The maximum atomic E-state index is 11.1. The summed E-state index contributed by atoms with van der Waals surface area (Å²) in [5, 5.41) is 11.1. The summed E-state index contributed by atoms with van der Waals surface area (Å²) >= 11 is 0. The third-order valence-corrected chi connectivity index (χ3v) is 3.83. The number of imidazole rings is 1. The molecule has 104 valence electrons. The molecule has 1 aliphatic heterocycles. The van der Waals surface area contributed by atoms with E-state index >= 15 is 0 Å². The highest BCUT2D eigenvalue weighted by molar-refractivity contribution is 5.63. The van der Waals surface area contributed by atoms with E-state index in [9.17, 15) is 10.1 Å². The second kappa shape index (κ2) is 5.32. The van der Waals surface area contributed by atoms with E-state index in [0.717, 1.165) is 31.6 Å². The molecule has 0 aliphatic carbocycles. The molecule has 3 rings (SSSR count). The molecule has 0 radical (unpaired) electrons. The summed E-state index contributed by atoms with van der Waals surface area (Å²) in [6.45, 7) is 1.65. The first-order chi connectivity index (χ1) is 9.75. The molecule has 1 aromatic heterocycles. The number of nitro benzene ring substituents is 1. The summed E-state index contributed by atoms with van der Waals surface area (Å²) in [4.78, 5) is 16.9. The minimum Gasteiger partial charge on any atom is -0.366 e.